The summed E-state index contributed by atoms with van der Waals surface area (Å²) in [6.07, 6.45) is 1.75. The summed E-state index contributed by atoms with van der Waals surface area (Å²) in [4.78, 5) is 8.90. The van der Waals surface area contributed by atoms with E-state index in [1.165, 1.54) is 0 Å². The normalized spacial score (nSPS) is 10.8. The summed E-state index contributed by atoms with van der Waals surface area (Å²) < 4.78 is 6.68. The average molecular weight is 413 g/mol. The molecular formula is C18H12IN3O. The number of hydrogen-bond donors (Lipinski definition) is 1. The number of hydrogen-bond acceptors (Lipinski definition) is 4. The summed E-state index contributed by atoms with van der Waals surface area (Å²) in [6.45, 7) is 0. The lowest BCUT2D eigenvalue weighted by atomic mass is 10.1. The highest BCUT2D eigenvalue weighted by atomic mass is 127. The maximum Gasteiger partial charge on any atom is 0.227 e. The fourth-order valence-corrected chi connectivity index (χ4v) is 3.01. The van der Waals surface area contributed by atoms with Crippen molar-refractivity contribution in [2.75, 3.05) is 5.32 Å². The van der Waals surface area contributed by atoms with Crippen molar-refractivity contribution in [2.45, 2.75) is 0 Å². The molecule has 1 N–H and O–H groups in total. The Bertz CT molecular complexity index is 966. The Hall–Kier alpha value is -2.41. The third-order valence-corrected chi connectivity index (χ3v) is 4.01. The zero-order valence-electron chi connectivity index (χ0n) is 12.0. The molecule has 0 unspecified atom stereocenters. The molecule has 2 heterocycles. The molecule has 23 heavy (non-hydrogen) atoms. The first-order valence-electron chi connectivity index (χ1n) is 7.13. The smallest absolute Gasteiger partial charge is 0.227 e. The molecule has 0 saturated heterocycles. The lowest BCUT2D eigenvalue weighted by molar-refractivity contribution is 0.585. The highest BCUT2D eigenvalue weighted by Crippen LogP contribution is 2.30. The summed E-state index contributed by atoms with van der Waals surface area (Å²) in [6, 6.07) is 19.8. The number of nitrogens with zero attached hydrogens (tertiary/aromatic N) is 2. The summed E-state index contributed by atoms with van der Waals surface area (Å²) in [5, 5.41) is 4.29. The summed E-state index contributed by atoms with van der Waals surface area (Å²) in [5.74, 6) is 0.562. The van der Waals surface area contributed by atoms with Crippen LogP contribution in [0.3, 0.4) is 0 Å². The van der Waals surface area contributed by atoms with Gasteiger partial charge in [0, 0.05) is 22.8 Å². The van der Waals surface area contributed by atoms with Crippen LogP contribution in [-0.2, 0) is 0 Å². The number of para-hydroxylation sites is 2. The van der Waals surface area contributed by atoms with Crippen LogP contribution < -0.4 is 5.32 Å². The second-order valence-electron chi connectivity index (χ2n) is 5.03. The lowest BCUT2D eigenvalue weighted by Crippen LogP contribution is -1.97. The Morgan fingerprint density at radius 3 is 2.70 bits per heavy atom. The number of benzene rings is 2. The van der Waals surface area contributed by atoms with Crippen LogP contribution in [0.1, 0.15) is 0 Å². The van der Waals surface area contributed by atoms with Crippen molar-refractivity contribution in [3.8, 4) is 11.3 Å². The first-order valence-corrected chi connectivity index (χ1v) is 8.21. The minimum absolute atomic E-state index is 0.562. The molecule has 112 valence electrons. The van der Waals surface area contributed by atoms with Gasteiger partial charge in [0.25, 0.3) is 0 Å². The third kappa shape index (κ3) is 2.92. The molecule has 0 aliphatic heterocycles. The van der Waals surface area contributed by atoms with E-state index >= 15 is 0 Å². The van der Waals surface area contributed by atoms with Gasteiger partial charge in [-0.25, -0.2) is 9.97 Å². The van der Waals surface area contributed by atoms with Crippen LogP contribution in [0.25, 0.3) is 22.2 Å². The Labute approximate surface area is 146 Å². The molecular weight excluding hydrogens is 401 g/mol. The number of furan rings is 1. The number of aromatic nitrogens is 2. The van der Waals surface area contributed by atoms with Gasteiger partial charge < -0.3 is 9.73 Å². The van der Waals surface area contributed by atoms with Crippen LogP contribution in [0.4, 0.5) is 11.6 Å². The fraction of sp³-hybridized carbons (Fsp3) is 0. The monoisotopic (exact) mass is 413 g/mol. The molecule has 0 bridgehead atoms. The quantitative estimate of drug-likeness (QED) is 0.467. The van der Waals surface area contributed by atoms with Gasteiger partial charge in [0.15, 0.2) is 3.77 Å². The molecule has 0 aliphatic rings. The van der Waals surface area contributed by atoms with Crippen molar-refractivity contribution in [3.63, 3.8) is 0 Å². The zero-order chi connectivity index (χ0) is 15.6. The van der Waals surface area contributed by atoms with Crippen LogP contribution in [0, 0.1) is 3.77 Å². The molecule has 4 aromatic rings. The molecule has 5 heteroatoms. The van der Waals surface area contributed by atoms with E-state index in [2.05, 4.69) is 37.9 Å². The number of halogens is 1. The maximum atomic E-state index is 5.82. The Morgan fingerprint density at radius 2 is 1.83 bits per heavy atom. The molecule has 4 rings (SSSR count). The molecule has 0 amide bonds. The van der Waals surface area contributed by atoms with Gasteiger partial charge in [-0.15, -0.1) is 0 Å². The number of fused-ring (bicyclic) bond motifs is 1. The number of nitrogens with one attached hydrogen (secondary N) is 1. The van der Waals surface area contributed by atoms with Gasteiger partial charge in [-0.3, -0.25) is 0 Å². The van der Waals surface area contributed by atoms with Crippen LogP contribution in [0.2, 0.25) is 0 Å². The number of anilines is 2. The Balaban J connectivity index is 1.75. The van der Waals surface area contributed by atoms with Crippen LogP contribution in [-0.4, -0.2) is 9.97 Å². The molecule has 0 saturated carbocycles. The van der Waals surface area contributed by atoms with Crippen molar-refractivity contribution in [3.05, 3.63) is 70.6 Å². The topological polar surface area (TPSA) is 51.0 Å². The summed E-state index contributed by atoms with van der Waals surface area (Å²) in [7, 11) is 0. The third-order valence-electron chi connectivity index (χ3n) is 3.48. The second kappa shape index (κ2) is 6.00. The van der Waals surface area contributed by atoms with Gasteiger partial charge in [-0.05, 0) is 52.9 Å². The van der Waals surface area contributed by atoms with Gasteiger partial charge in [-0.2, -0.15) is 0 Å². The van der Waals surface area contributed by atoms with Crippen molar-refractivity contribution < 1.29 is 4.42 Å². The predicted octanol–water partition coefficient (Wildman–Crippen LogP) is 5.24. The summed E-state index contributed by atoms with van der Waals surface area (Å²) >= 11 is 2.18. The van der Waals surface area contributed by atoms with Crippen LogP contribution in [0.15, 0.2) is 71.3 Å². The SMILES string of the molecule is Ic1cc2cccc(-c3ccnc(Nc4ccccc4)n3)c2o1. The molecule has 2 aromatic heterocycles. The largest absolute Gasteiger partial charge is 0.450 e. The van der Waals surface area contributed by atoms with Crippen molar-refractivity contribution >= 4 is 45.2 Å². The Kier molecular flexibility index (Phi) is 3.70. The van der Waals surface area contributed by atoms with Gasteiger partial charge in [0.1, 0.15) is 5.58 Å². The van der Waals surface area contributed by atoms with E-state index in [-0.39, 0.29) is 0 Å². The lowest BCUT2D eigenvalue weighted by Gasteiger charge is -2.07. The average Bonchev–Trinajstić information content (AvgIpc) is 2.96. The molecule has 0 aliphatic carbocycles. The Morgan fingerprint density at radius 1 is 0.957 bits per heavy atom. The van der Waals surface area contributed by atoms with E-state index in [0.29, 0.717) is 5.95 Å². The van der Waals surface area contributed by atoms with Crippen molar-refractivity contribution in [1.29, 1.82) is 0 Å². The number of rotatable bonds is 3. The minimum Gasteiger partial charge on any atom is -0.450 e. The minimum atomic E-state index is 0.562. The van der Waals surface area contributed by atoms with Gasteiger partial charge >= 0.3 is 0 Å². The molecule has 0 fully saturated rings. The fourth-order valence-electron chi connectivity index (χ4n) is 2.45. The van der Waals surface area contributed by atoms with E-state index in [0.717, 1.165) is 31.7 Å². The second-order valence-corrected chi connectivity index (χ2v) is 6.09. The summed E-state index contributed by atoms with van der Waals surface area (Å²) in [5.41, 5.74) is 3.59. The van der Waals surface area contributed by atoms with E-state index in [1.54, 1.807) is 6.20 Å². The molecule has 0 spiro atoms. The standard InChI is InChI=1S/C18H12IN3O/c19-16-11-12-5-4-8-14(17(12)23-16)15-9-10-20-18(22-15)21-13-6-2-1-3-7-13/h1-11H,(H,20,21,22). The first-order chi connectivity index (χ1) is 11.3. The highest BCUT2D eigenvalue weighted by molar-refractivity contribution is 14.1. The van der Waals surface area contributed by atoms with Crippen LogP contribution >= 0.6 is 22.6 Å². The van der Waals surface area contributed by atoms with Gasteiger partial charge in [0.05, 0.1) is 5.69 Å². The van der Waals surface area contributed by atoms with Crippen molar-refractivity contribution in [1.82, 2.24) is 9.97 Å². The molecule has 0 radical (unpaired) electrons. The highest BCUT2D eigenvalue weighted by Gasteiger charge is 2.10. The van der Waals surface area contributed by atoms with E-state index in [4.69, 9.17) is 4.42 Å². The first kappa shape index (κ1) is 14.2. The van der Waals surface area contributed by atoms with E-state index in [9.17, 15) is 0 Å². The molecule has 4 nitrogen and oxygen atoms in total. The van der Waals surface area contributed by atoms with Crippen molar-refractivity contribution in [2.24, 2.45) is 0 Å². The zero-order valence-corrected chi connectivity index (χ0v) is 14.2. The molecule has 2 aromatic carbocycles. The van der Waals surface area contributed by atoms with E-state index in [1.807, 2.05) is 60.7 Å². The van der Waals surface area contributed by atoms with E-state index < -0.39 is 0 Å². The molecule has 0 atom stereocenters. The van der Waals surface area contributed by atoms with Crippen LogP contribution in [0.5, 0.6) is 0 Å². The van der Waals surface area contributed by atoms with Gasteiger partial charge in [0.2, 0.25) is 5.95 Å². The van der Waals surface area contributed by atoms with Gasteiger partial charge in [-0.1, -0.05) is 30.3 Å². The maximum absolute atomic E-state index is 5.82. The predicted molar refractivity (Wildman–Crippen MR) is 99.7 cm³/mol.